The molecule has 0 radical (unpaired) electrons. The third-order valence-corrected chi connectivity index (χ3v) is 4.92. The maximum absolute atomic E-state index is 12.4. The average Bonchev–Trinajstić information content (AvgIpc) is 2.92. The number of methoxy groups -OCH3 is 1. The van der Waals surface area contributed by atoms with Gasteiger partial charge in [-0.15, -0.1) is 11.3 Å². The molecule has 2 heterocycles. The van der Waals surface area contributed by atoms with Crippen molar-refractivity contribution in [3.63, 3.8) is 0 Å². The molecule has 1 saturated heterocycles. The smallest absolute Gasteiger partial charge is 0.310 e. The van der Waals surface area contributed by atoms with Gasteiger partial charge in [0, 0.05) is 18.0 Å². The number of rotatable bonds is 2. The lowest BCUT2D eigenvalue weighted by Crippen LogP contribution is -2.29. The second-order valence-corrected chi connectivity index (χ2v) is 6.42. The molecule has 0 saturated carbocycles. The SMILES string of the molecule is COC(=O)C1CN(C(=O)c2cc(C)c(C)s2)CC1C. The molecule has 19 heavy (non-hydrogen) atoms. The molecule has 5 heteroatoms. The van der Waals surface area contributed by atoms with Gasteiger partial charge in [0.1, 0.15) is 0 Å². The molecule has 1 aromatic rings. The lowest BCUT2D eigenvalue weighted by Gasteiger charge is -2.14. The van der Waals surface area contributed by atoms with Gasteiger partial charge in [-0.05, 0) is 31.4 Å². The Morgan fingerprint density at radius 2 is 2.05 bits per heavy atom. The monoisotopic (exact) mass is 281 g/mol. The number of amides is 1. The van der Waals surface area contributed by atoms with Crippen LogP contribution in [0.15, 0.2) is 6.07 Å². The molecule has 2 unspecified atom stereocenters. The molecule has 1 aliphatic rings. The molecule has 1 amide bonds. The van der Waals surface area contributed by atoms with E-state index < -0.39 is 0 Å². The molecule has 1 aromatic heterocycles. The fraction of sp³-hybridized carbons (Fsp3) is 0.571. The minimum atomic E-state index is -0.221. The van der Waals surface area contributed by atoms with Gasteiger partial charge in [0.15, 0.2) is 0 Å². The molecule has 0 bridgehead atoms. The normalized spacial score (nSPS) is 22.6. The first kappa shape index (κ1) is 14.1. The van der Waals surface area contributed by atoms with E-state index in [0.29, 0.717) is 13.1 Å². The van der Waals surface area contributed by atoms with Gasteiger partial charge in [0.05, 0.1) is 17.9 Å². The van der Waals surface area contributed by atoms with E-state index in [1.807, 2.05) is 26.8 Å². The number of nitrogens with zero attached hydrogens (tertiary/aromatic N) is 1. The van der Waals surface area contributed by atoms with Crippen molar-refractivity contribution in [1.82, 2.24) is 4.90 Å². The van der Waals surface area contributed by atoms with Crippen molar-refractivity contribution in [1.29, 1.82) is 0 Å². The van der Waals surface area contributed by atoms with Crippen molar-refractivity contribution in [3.8, 4) is 0 Å². The van der Waals surface area contributed by atoms with Crippen molar-refractivity contribution in [2.45, 2.75) is 20.8 Å². The van der Waals surface area contributed by atoms with Crippen molar-refractivity contribution < 1.29 is 14.3 Å². The zero-order chi connectivity index (χ0) is 14.2. The van der Waals surface area contributed by atoms with Gasteiger partial charge in [0.2, 0.25) is 0 Å². The van der Waals surface area contributed by atoms with Crippen molar-refractivity contribution in [3.05, 3.63) is 21.4 Å². The van der Waals surface area contributed by atoms with Gasteiger partial charge in [-0.3, -0.25) is 9.59 Å². The van der Waals surface area contributed by atoms with Crippen LogP contribution in [-0.2, 0) is 9.53 Å². The third kappa shape index (κ3) is 2.66. The van der Waals surface area contributed by atoms with E-state index in [-0.39, 0.29) is 23.7 Å². The second-order valence-electron chi connectivity index (χ2n) is 5.17. The Kier molecular flexibility index (Phi) is 3.94. The zero-order valence-electron chi connectivity index (χ0n) is 11.7. The highest BCUT2D eigenvalue weighted by Gasteiger charge is 2.38. The van der Waals surface area contributed by atoms with E-state index in [9.17, 15) is 9.59 Å². The molecule has 2 atom stereocenters. The minimum absolute atomic E-state index is 0.0273. The van der Waals surface area contributed by atoms with Crippen LogP contribution in [0.25, 0.3) is 0 Å². The number of likely N-dealkylation sites (tertiary alicyclic amines) is 1. The Bertz CT molecular complexity index is 489. The molecule has 104 valence electrons. The molecular formula is C14H19NO3S. The number of hydrogen-bond acceptors (Lipinski definition) is 4. The van der Waals surface area contributed by atoms with E-state index in [2.05, 4.69) is 0 Å². The van der Waals surface area contributed by atoms with Gasteiger partial charge in [0.25, 0.3) is 5.91 Å². The molecule has 1 aliphatic heterocycles. The summed E-state index contributed by atoms with van der Waals surface area (Å²) in [5.74, 6) is -0.240. The lowest BCUT2D eigenvalue weighted by molar-refractivity contribution is -0.146. The third-order valence-electron chi connectivity index (χ3n) is 3.78. The quantitative estimate of drug-likeness (QED) is 0.781. The Labute approximate surface area is 117 Å². The summed E-state index contributed by atoms with van der Waals surface area (Å²) in [7, 11) is 1.39. The Morgan fingerprint density at radius 3 is 2.58 bits per heavy atom. The van der Waals surface area contributed by atoms with Gasteiger partial charge < -0.3 is 9.64 Å². The summed E-state index contributed by atoms with van der Waals surface area (Å²) in [6.07, 6.45) is 0. The van der Waals surface area contributed by atoms with Crippen LogP contribution in [0.2, 0.25) is 0 Å². The molecule has 0 aromatic carbocycles. The maximum atomic E-state index is 12.4. The van der Waals surface area contributed by atoms with Gasteiger partial charge >= 0.3 is 5.97 Å². The van der Waals surface area contributed by atoms with Crippen LogP contribution in [0.3, 0.4) is 0 Å². The van der Waals surface area contributed by atoms with Crippen molar-refractivity contribution in [2.75, 3.05) is 20.2 Å². The zero-order valence-corrected chi connectivity index (χ0v) is 12.5. The highest BCUT2D eigenvalue weighted by atomic mass is 32.1. The number of ether oxygens (including phenoxy) is 1. The molecule has 0 spiro atoms. The molecular weight excluding hydrogens is 262 g/mol. The van der Waals surface area contributed by atoms with Gasteiger partial charge in [-0.2, -0.15) is 0 Å². The van der Waals surface area contributed by atoms with Crippen molar-refractivity contribution >= 4 is 23.2 Å². The summed E-state index contributed by atoms with van der Waals surface area (Å²) in [4.78, 5) is 27.7. The van der Waals surface area contributed by atoms with Crippen LogP contribution in [-0.4, -0.2) is 37.0 Å². The van der Waals surface area contributed by atoms with E-state index >= 15 is 0 Å². The molecule has 0 N–H and O–H groups in total. The summed E-state index contributed by atoms with van der Waals surface area (Å²) in [5, 5.41) is 0. The minimum Gasteiger partial charge on any atom is -0.469 e. The fourth-order valence-electron chi connectivity index (χ4n) is 2.43. The predicted octanol–water partition coefficient (Wildman–Crippen LogP) is 2.25. The van der Waals surface area contributed by atoms with Crippen LogP contribution in [0.1, 0.15) is 27.0 Å². The predicted molar refractivity (Wildman–Crippen MR) is 74.4 cm³/mol. The van der Waals surface area contributed by atoms with E-state index in [0.717, 1.165) is 10.4 Å². The topological polar surface area (TPSA) is 46.6 Å². The summed E-state index contributed by atoms with van der Waals surface area (Å²) < 4.78 is 4.79. The maximum Gasteiger partial charge on any atom is 0.310 e. The summed E-state index contributed by atoms with van der Waals surface area (Å²) in [5.41, 5.74) is 1.14. The highest BCUT2D eigenvalue weighted by molar-refractivity contribution is 7.14. The van der Waals surface area contributed by atoms with Crippen LogP contribution < -0.4 is 0 Å². The fourth-order valence-corrected chi connectivity index (χ4v) is 3.43. The number of thiophene rings is 1. The first-order valence-corrected chi connectivity index (χ1v) is 7.19. The first-order valence-electron chi connectivity index (χ1n) is 6.38. The van der Waals surface area contributed by atoms with Crippen LogP contribution in [0, 0.1) is 25.7 Å². The Hall–Kier alpha value is -1.36. The summed E-state index contributed by atoms with van der Waals surface area (Å²) >= 11 is 1.52. The second kappa shape index (κ2) is 5.33. The molecule has 0 aliphatic carbocycles. The number of carbonyl (C=O) groups excluding carboxylic acids is 2. The number of esters is 1. The molecule has 4 nitrogen and oxygen atoms in total. The van der Waals surface area contributed by atoms with Gasteiger partial charge in [-0.1, -0.05) is 6.92 Å². The van der Waals surface area contributed by atoms with Crippen LogP contribution in [0.4, 0.5) is 0 Å². The standard InChI is InChI=1S/C14H19NO3S/c1-8-5-12(19-10(8)3)13(16)15-6-9(2)11(7-15)14(17)18-4/h5,9,11H,6-7H2,1-4H3. The van der Waals surface area contributed by atoms with Crippen LogP contribution in [0.5, 0.6) is 0 Å². The molecule has 2 rings (SSSR count). The summed E-state index contributed by atoms with van der Waals surface area (Å²) in [6.45, 7) is 7.09. The molecule has 1 fully saturated rings. The number of hydrogen-bond donors (Lipinski definition) is 0. The van der Waals surface area contributed by atoms with Crippen LogP contribution >= 0.6 is 11.3 Å². The largest absolute Gasteiger partial charge is 0.469 e. The van der Waals surface area contributed by atoms with E-state index in [1.54, 1.807) is 4.90 Å². The van der Waals surface area contributed by atoms with Crippen molar-refractivity contribution in [2.24, 2.45) is 11.8 Å². The average molecular weight is 281 g/mol. The number of aryl methyl sites for hydroxylation is 2. The number of carbonyl (C=O) groups is 2. The van der Waals surface area contributed by atoms with E-state index in [4.69, 9.17) is 4.74 Å². The van der Waals surface area contributed by atoms with Gasteiger partial charge in [-0.25, -0.2) is 0 Å². The summed E-state index contributed by atoms with van der Waals surface area (Å²) in [6, 6.07) is 1.93. The first-order chi connectivity index (χ1) is 8.93. The Balaban J connectivity index is 2.12. The van der Waals surface area contributed by atoms with E-state index in [1.165, 1.54) is 23.3 Å². The highest BCUT2D eigenvalue weighted by Crippen LogP contribution is 2.28. The lowest BCUT2D eigenvalue weighted by atomic mass is 9.99. The Morgan fingerprint density at radius 1 is 1.37 bits per heavy atom.